The summed E-state index contributed by atoms with van der Waals surface area (Å²) in [4.78, 5) is 22.7. The fourth-order valence-electron chi connectivity index (χ4n) is 2.04. The van der Waals surface area contributed by atoms with Crippen molar-refractivity contribution < 1.29 is 9.21 Å². The summed E-state index contributed by atoms with van der Waals surface area (Å²) in [6.07, 6.45) is 0. The number of hydrogen-bond acceptors (Lipinski definition) is 3. The summed E-state index contributed by atoms with van der Waals surface area (Å²) >= 11 is 0. The van der Waals surface area contributed by atoms with Crippen LogP contribution in [0.5, 0.6) is 0 Å². The molecule has 4 nitrogen and oxygen atoms in total. The van der Waals surface area contributed by atoms with Gasteiger partial charge in [0, 0.05) is 5.39 Å². The van der Waals surface area contributed by atoms with E-state index >= 15 is 0 Å². The molecule has 1 aromatic heterocycles. The number of benzene rings is 2. The summed E-state index contributed by atoms with van der Waals surface area (Å²) in [5.41, 5.74) is 4.77. The van der Waals surface area contributed by atoms with Gasteiger partial charge in [-0.25, -0.2) is 4.79 Å². The van der Waals surface area contributed by atoms with Crippen molar-refractivity contribution in [2.75, 3.05) is 0 Å². The lowest BCUT2D eigenvalue weighted by atomic mass is 10.0. The molecule has 0 aliphatic rings. The number of carbonyl (C=O) groups excluding carboxylic acids is 1. The Bertz CT molecular complexity index is 833. The van der Waals surface area contributed by atoms with Gasteiger partial charge >= 0.3 is 5.63 Å². The SMILES string of the molecule is NC(=O)c1cc2c(ccc3ccccc32)oc1=O. The van der Waals surface area contributed by atoms with Crippen molar-refractivity contribution in [1.82, 2.24) is 0 Å². The highest BCUT2D eigenvalue weighted by Gasteiger charge is 2.11. The van der Waals surface area contributed by atoms with Crippen LogP contribution in [0.4, 0.5) is 0 Å². The van der Waals surface area contributed by atoms with E-state index in [1.165, 1.54) is 6.07 Å². The van der Waals surface area contributed by atoms with E-state index in [1.54, 1.807) is 6.07 Å². The summed E-state index contributed by atoms with van der Waals surface area (Å²) in [5.74, 6) is -0.779. The number of primary amides is 1. The molecule has 0 saturated carbocycles. The molecule has 0 spiro atoms. The molecule has 2 N–H and O–H groups in total. The van der Waals surface area contributed by atoms with Crippen molar-refractivity contribution in [3.63, 3.8) is 0 Å². The van der Waals surface area contributed by atoms with Gasteiger partial charge in [0.05, 0.1) is 0 Å². The molecule has 0 radical (unpaired) electrons. The van der Waals surface area contributed by atoms with E-state index in [0.717, 1.165) is 10.8 Å². The van der Waals surface area contributed by atoms with Crippen molar-refractivity contribution in [2.45, 2.75) is 0 Å². The van der Waals surface area contributed by atoms with Crippen molar-refractivity contribution in [3.8, 4) is 0 Å². The van der Waals surface area contributed by atoms with Crippen LogP contribution in [0.2, 0.25) is 0 Å². The average Bonchev–Trinajstić information content (AvgIpc) is 2.37. The van der Waals surface area contributed by atoms with Crippen molar-refractivity contribution in [2.24, 2.45) is 5.73 Å². The summed E-state index contributed by atoms with van der Waals surface area (Å²) in [7, 11) is 0. The van der Waals surface area contributed by atoms with Crippen LogP contribution in [-0.4, -0.2) is 5.91 Å². The highest BCUT2D eigenvalue weighted by atomic mass is 16.4. The molecule has 1 amide bonds. The predicted octanol–water partition coefficient (Wildman–Crippen LogP) is 2.05. The standard InChI is InChI=1S/C14H9NO3/c15-13(16)11-7-10-9-4-2-1-3-8(9)5-6-12(10)18-14(11)17/h1-7H,(H2,15,16). The molecule has 3 rings (SSSR count). The molecule has 3 aromatic rings. The fraction of sp³-hybridized carbons (Fsp3) is 0. The first-order valence-electron chi connectivity index (χ1n) is 5.42. The van der Waals surface area contributed by atoms with Gasteiger partial charge in [-0.3, -0.25) is 4.79 Å². The Labute approximate surface area is 102 Å². The fourth-order valence-corrected chi connectivity index (χ4v) is 2.04. The average molecular weight is 239 g/mol. The molecule has 0 bridgehead atoms. The quantitative estimate of drug-likeness (QED) is 0.521. The zero-order chi connectivity index (χ0) is 12.7. The van der Waals surface area contributed by atoms with Crippen LogP contribution in [0.3, 0.4) is 0 Å². The topological polar surface area (TPSA) is 73.3 Å². The second-order valence-corrected chi connectivity index (χ2v) is 4.01. The van der Waals surface area contributed by atoms with E-state index in [0.29, 0.717) is 11.0 Å². The molecule has 2 aromatic carbocycles. The maximum absolute atomic E-state index is 11.5. The minimum atomic E-state index is -0.779. The molecule has 0 aliphatic carbocycles. The maximum Gasteiger partial charge on any atom is 0.349 e. The lowest BCUT2D eigenvalue weighted by Crippen LogP contribution is -2.20. The largest absolute Gasteiger partial charge is 0.422 e. The molecule has 0 saturated heterocycles. The van der Waals surface area contributed by atoms with Gasteiger partial charge in [0.2, 0.25) is 0 Å². The second-order valence-electron chi connectivity index (χ2n) is 4.01. The van der Waals surface area contributed by atoms with Gasteiger partial charge in [0.15, 0.2) is 0 Å². The van der Waals surface area contributed by atoms with Gasteiger partial charge in [0.1, 0.15) is 11.1 Å². The Morgan fingerprint density at radius 3 is 2.61 bits per heavy atom. The Hall–Kier alpha value is -2.62. The van der Waals surface area contributed by atoms with E-state index in [-0.39, 0.29) is 5.56 Å². The number of hydrogen-bond donors (Lipinski definition) is 1. The Balaban J connectivity index is 2.53. The van der Waals surface area contributed by atoms with E-state index in [2.05, 4.69) is 0 Å². The Morgan fingerprint density at radius 2 is 1.83 bits per heavy atom. The molecular weight excluding hydrogens is 230 g/mol. The summed E-state index contributed by atoms with van der Waals surface area (Å²) in [6, 6.07) is 12.7. The molecule has 18 heavy (non-hydrogen) atoms. The molecular formula is C14H9NO3. The third-order valence-electron chi connectivity index (χ3n) is 2.91. The molecule has 0 aliphatic heterocycles. The van der Waals surface area contributed by atoms with Crippen LogP contribution in [0, 0.1) is 0 Å². The number of rotatable bonds is 1. The number of nitrogens with two attached hydrogens (primary N) is 1. The molecule has 4 heteroatoms. The molecule has 0 fully saturated rings. The molecule has 1 heterocycles. The Kier molecular flexibility index (Phi) is 2.16. The van der Waals surface area contributed by atoms with Gasteiger partial charge in [-0.05, 0) is 22.9 Å². The second kappa shape index (κ2) is 3.70. The monoisotopic (exact) mass is 239 g/mol. The third kappa shape index (κ3) is 1.47. The zero-order valence-electron chi connectivity index (χ0n) is 9.34. The smallest absolute Gasteiger partial charge is 0.349 e. The zero-order valence-corrected chi connectivity index (χ0v) is 9.34. The van der Waals surface area contributed by atoms with Gasteiger partial charge in [-0.15, -0.1) is 0 Å². The lowest BCUT2D eigenvalue weighted by Gasteiger charge is -2.03. The lowest BCUT2D eigenvalue weighted by molar-refractivity contribution is 0.0997. The highest BCUT2D eigenvalue weighted by Crippen LogP contribution is 2.24. The number of amides is 1. The van der Waals surface area contributed by atoms with Crippen LogP contribution in [0.15, 0.2) is 51.7 Å². The van der Waals surface area contributed by atoms with E-state index in [4.69, 9.17) is 10.2 Å². The third-order valence-corrected chi connectivity index (χ3v) is 2.91. The first kappa shape index (κ1) is 10.5. The van der Waals surface area contributed by atoms with Gasteiger partial charge < -0.3 is 10.2 Å². The summed E-state index contributed by atoms with van der Waals surface area (Å²) in [6.45, 7) is 0. The van der Waals surface area contributed by atoms with Gasteiger partial charge in [0.25, 0.3) is 5.91 Å². The van der Waals surface area contributed by atoms with Crippen LogP contribution < -0.4 is 11.4 Å². The number of fused-ring (bicyclic) bond motifs is 3. The first-order chi connectivity index (χ1) is 8.66. The van der Waals surface area contributed by atoms with Gasteiger partial charge in [-0.1, -0.05) is 30.3 Å². The minimum absolute atomic E-state index is 0.126. The van der Waals surface area contributed by atoms with Crippen LogP contribution in [0.25, 0.3) is 21.7 Å². The normalized spacial score (nSPS) is 10.9. The molecule has 0 atom stereocenters. The minimum Gasteiger partial charge on any atom is -0.422 e. The highest BCUT2D eigenvalue weighted by molar-refractivity contribution is 6.07. The van der Waals surface area contributed by atoms with Crippen molar-refractivity contribution >= 4 is 27.6 Å². The maximum atomic E-state index is 11.5. The van der Waals surface area contributed by atoms with Crippen LogP contribution in [0.1, 0.15) is 10.4 Å². The Morgan fingerprint density at radius 1 is 1.06 bits per heavy atom. The van der Waals surface area contributed by atoms with E-state index < -0.39 is 11.5 Å². The number of carbonyl (C=O) groups is 1. The van der Waals surface area contributed by atoms with Gasteiger partial charge in [-0.2, -0.15) is 0 Å². The molecule has 0 unspecified atom stereocenters. The van der Waals surface area contributed by atoms with Crippen LogP contribution >= 0.6 is 0 Å². The van der Waals surface area contributed by atoms with E-state index in [1.807, 2.05) is 30.3 Å². The van der Waals surface area contributed by atoms with Crippen molar-refractivity contribution in [1.29, 1.82) is 0 Å². The van der Waals surface area contributed by atoms with E-state index in [9.17, 15) is 9.59 Å². The predicted molar refractivity (Wildman–Crippen MR) is 68.5 cm³/mol. The summed E-state index contributed by atoms with van der Waals surface area (Å²) < 4.78 is 5.11. The molecule has 88 valence electrons. The van der Waals surface area contributed by atoms with Crippen molar-refractivity contribution in [3.05, 3.63) is 58.4 Å². The first-order valence-corrected chi connectivity index (χ1v) is 5.42. The summed E-state index contributed by atoms with van der Waals surface area (Å²) in [5, 5.41) is 2.64. The van der Waals surface area contributed by atoms with Crippen LogP contribution in [-0.2, 0) is 0 Å².